The molecule has 1 aromatic rings. The summed E-state index contributed by atoms with van der Waals surface area (Å²) in [5.74, 6) is 3.29. The summed E-state index contributed by atoms with van der Waals surface area (Å²) in [6, 6.07) is 7.68. The van der Waals surface area contributed by atoms with Crippen LogP contribution in [0.4, 0.5) is 0 Å². The van der Waals surface area contributed by atoms with E-state index in [9.17, 15) is 4.79 Å². The average Bonchev–Trinajstić information content (AvgIpc) is 3.11. The first-order chi connectivity index (χ1) is 10.2. The van der Waals surface area contributed by atoms with Gasteiger partial charge in [-0.1, -0.05) is 6.42 Å². The van der Waals surface area contributed by atoms with Gasteiger partial charge in [0.1, 0.15) is 5.75 Å². The summed E-state index contributed by atoms with van der Waals surface area (Å²) in [5, 5.41) is 3.19. The minimum absolute atomic E-state index is 0.0355. The minimum Gasteiger partial charge on any atom is -0.494 e. The van der Waals surface area contributed by atoms with Gasteiger partial charge in [0.25, 0.3) is 5.91 Å². The van der Waals surface area contributed by atoms with Crippen molar-refractivity contribution in [2.24, 2.45) is 17.8 Å². The molecule has 1 amide bonds. The molecule has 2 bridgehead atoms. The highest BCUT2D eigenvalue weighted by atomic mass is 16.5. The Balaban J connectivity index is 1.58. The lowest BCUT2D eigenvalue weighted by molar-refractivity contribution is 0.0915. The number of benzene rings is 1. The number of carbonyl (C=O) groups is 1. The largest absolute Gasteiger partial charge is 0.494 e. The first-order valence-electron chi connectivity index (χ1n) is 8.21. The van der Waals surface area contributed by atoms with E-state index in [0.29, 0.717) is 18.1 Å². The standard InChI is InChI=1S/C18H25NO2/c1-3-21-16-8-6-14(7-9-16)18(20)19-12(2)17-11-13-4-5-15(17)10-13/h6-9,12-13,15,17H,3-5,10-11H2,1-2H3,(H,19,20)/t12-,13+,15+,17+/m0/s1. The van der Waals surface area contributed by atoms with Gasteiger partial charge in [0, 0.05) is 11.6 Å². The van der Waals surface area contributed by atoms with Crippen LogP contribution in [0.1, 0.15) is 49.9 Å². The van der Waals surface area contributed by atoms with Crippen LogP contribution in [0.25, 0.3) is 0 Å². The molecule has 0 aromatic heterocycles. The molecule has 1 N–H and O–H groups in total. The van der Waals surface area contributed by atoms with Gasteiger partial charge < -0.3 is 10.1 Å². The molecule has 0 spiro atoms. The molecule has 114 valence electrons. The Morgan fingerprint density at radius 3 is 2.62 bits per heavy atom. The van der Waals surface area contributed by atoms with Crippen molar-refractivity contribution in [3.8, 4) is 5.75 Å². The van der Waals surface area contributed by atoms with Gasteiger partial charge in [-0.2, -0.15) is 0 Å². The Labute approximate surface area is 127 Å². The number of nitrogens with one attached hydrogen (secondary N) is 1. The van der Waals surface area contributed by atoms with Crippen molar-refractivity contribution < 1.29 is 9.53 Å². The van der Waals surface area contributed by atoms with Crippen molar-refractivity contribution in [1.29, 1.82) is 0 Å². The van der Waals surface area contributed by atoms with Crippen molar-refractivity contribution in [3.63, 3.8) is 0 Å². The molecule has 1 aromatic carbocycles. The maximum absolute atomic E-state index is 12.3. The van der Waals surface area contributed by atoms with Crippen LogP contribution in [0, 0.1) is 17.8 Å². The Morgan fingerprint density at radius 2 is 2.05 bits per heavy atom. The van der Waals surface area contributed by atoms with E-state index >= 15 is 0 Å². The molecular weight excluding hydrogens is 262 g/mol. The number of hydrogen-bond donors (Lipinski definition) is 1. The summed E-state index contributed by atoms with van der Waals surface area (Å²) in [5.41, 5.74) is 0.716. The van der Waals surface area contributed by atoms with E-state index in [4.69, 9.17) is 4.74 Å². The Bertz CT molecular complexity index is 496. The molecule has 0 heterocycles. The summed E-state index contributed by atoms with van der Waals surface area (Å²) in [7, 11) is 0. The van der Waals surface area contributed by atoms with Crippen LogP contribution >= 0.6 is 0 Å². The van der Waals surface area contributed by atoms with Gasteiger partial charge >= 0.3 is 0 Å². The van der Waals surface area contributed by atoms with E-state index < -0.39 is 0 Å². The lowest BCUT2D eigenvalue weighted by atomic mass is 9.84. The third-order valence-electron chi connectivity index (χ3n) is 5.22. The molecule has 0 unspecified atom stereocenters. The van der Waals surface area contributed by atoms with Gasteiger partial charge in [0.05, 0.1) is 6.61 Å². The second-order valence-corrected chi connectivity index (χ2v) is 6.56. The fraction of sp³-hybridized carbons (Fsp3) is 0.611. The number of hydrogen-bond acceptors (Lipinski definition) is 2. The Morgan fingerprint density at radius 1 is 1.29 bits per heavy atom. The molecule has 21 heavy (non-hydrogen) atoms. The third kappa shape index (κ3) is 3.07. The number of amides is 1. The van der Waals surface area contributed by atoms with Crippen LogP contribution in [0.3, 0.4) is 0 Å². The molecule has 3 rings (SSSR count). The van der Waals surface area contributed by atoms with E-state index in [-0.39, 0.29) is 11.9 Å². The average molecular weight is 287 g/mol. The number of carbonyl (C=O) groups excluding carboxylic acids is 1. The van der Waals surface area contributed by atoms with Gasteiger partial charge in [-0.05, 0) is 75.1 Å². The van der Waals surface area contributed by atoms with Crippen molar-refractivity contribution in [3.05, 3.63) is 29.8 Å². The lowest BCUT2D eigenvalue weighted by Gasteiger charge is -2.28. The summed E-state index contributed by atoms with van der Waals surface area (Å²) >= 11 is 0. The molecule has 3 nitrogen and oxygen atoms in total. The molecule has 3 heteroatoms. The van der Waals surface area contributed by atoms with E-state index in [0.717, 1.165) is 17.6 Å². The fourth-order valence-corrected chi connectivity index (χ4v) is 4.17. The van der Waals surface area contributed by atoms with Crippen LogP contribution < -0.4 is 10.1 Å². The number of rotatable bonds is 5. The molecule has 0 radical (unpaired) electrons. The lowest BCUT2D eigenvalue weighted by Crippen LogP contribution is -2.40. The van der Waals surface area contributed by atoms with Gasteiger partial charge in [0.2, 0.25) is 0 Å². The molecule has 2 aliphatic carbocycles. The molecular formula is C18H25NO2. The number of fused-ring (bicyclic) bond motifs is 2. The third-order valence-corrected chi connectivity index (χ3v) is 5.22. The van der Waals surface area contributed by atoms with Crippen molar-refractivity contribution in [1.82, 2.24) is 5.32 Å². The Hall–Kier alpha value is -1.51. The molecule has 2 aliphatic rings. The predicted octanol–water partition coefficient (Wildman–Crippen LogP) is 3.64. The molecule has 0 saturated heterocycles. The molecule has 4 atom stereocenters. The summed E-state index contributed by atoms with van der Waals surface area (Å²) in [6.07, 6.45) is 5.45. The highest BCUT2D eigenvalue weighted by Crippen LogP contribution is 2.49. The maximum atomic E-state index is 12.3. The number of ether oxygens (including phenoxy) is 1. The van der Waals surface area contributed by atoms with E-state index in [1.165, 1.54) is 25.7 Å². The minimum atomic E-state index is 0.0355. The normalized spacial score (nSPS) is 28.4. The van der Waals surface area contributed by atoms with E-state index in [2.05, 4.69) is 12.2 Å². The molecule has 2 saturated carbocycles. The Kier molecular flexibility index (Phi) is 4.18. The quantitative estimate of drug-likeness (QED) is 0.898. The van der Waals surface area contributed by atoms with Gasteiger partial charge in [-0.15, -0.1) is 0 Å². The zero-order chi connectivity index (χ0) is 14.8. The fourth-order valence-electron chi connectivity index (χ4n) is 4.17. The summed E-state index contributed by atoms with van der Waals surface area (Å²) in [4.78, 5) is 12.3. The van der Waals surface area contributed by atoms with Crippen LogP contribution in [0.2, 0.25) is 0 Å². The van der Waals surface area contributed by atoms with Crippen LogP contribution in [0.5, 0.6) is 5.75 Å². The summed E-state index contributed by atoms with van der Waals surface area (Å²) in [6.45, 7) is 4.77. The smallest absolute Gasteiger partial charge is 0.251 e. The predicted molar refractivity (Wildman–Crippen MR) is 83.5 cm³/mol. The van der Waals surface area contributed by atoms with Crippen LogP contribution in [-0.2, 0) is 0 Å². The maximum Gasteiger partial charge on any atom is 0.251 e. The SMILES string of the molecule is CCOc1ccc(C(=O)N[C@@H](C)[C@H]2C[C@@H]3CC[C@@H]2C3)cc1. The first-order valence-corrected chi connectivity index (χ1v) is 8.21. The second kappa shape index (κ2) is 6.08. The highest BCUT2D eigenvalue weighted by molar-refractivity contribution is 5.94. The van der Waals surface area contributed by atoms with Crippen molar-refractivity contribution in [2.75, 3.05) is 6.61 Å². The topological polar surface area (TPSA) is 38.3 Å². The van der Waals surface area contributed by atoms with Crippen LogP contribution in [-0.4, -0.2) is 18.6 Å². The second-order valence-electron chi connectivity index (χ2n) is 6.56. The zero-order valence-corrected chi connectivity index (χ0v) is 13.0. The first kappa shape index (κ1) is 14.4. The monoisotopic (exact) mass is 287 g/mol. The molecule has 2 fully saturated rings. The zero-order valence-electron chi connectivity index (χ0n) is 13.0. The highest BCUT2D eigenvalue weighted by Gasteiger charge is 2.42. The van der Waals surface area contributed by atoms with Crippen molar-refractivity contribution in [2.45, 2.75) is 45.6 Å². The molecule has 0 aliphatic heterocycles. The van der Waals surface area contributed by atoms with E-state index in [1.54, 1.807) is 0 Å². The van der Waals surface area contributed by atoms with Gasteiger partial charge in [0.15, 0.2) is 0 Å². The van der Waals surface area contributed by atoms with Crippen LogP contribution in [0.15, 0.2) is 24.3 Å². The van der Waals surface area contributed by atoms with Crippen molar-refractivity contribution >= 4 is 5.91 Å². The van der Waals surface area contributed by atoms with Gasteiger partial charge in [-0.25, -0.2) is 0 Å². The summed E-state index contributed by atoms with van der Waals surface area (Å²) < 4.78 is 5.40. The van der Waals surface area contributed by atoms with E-state index in [1.807, 2.05) is 31.2 Å². The van der Waals surface area contributed by atoms with Gasteiger partial charge in [-0.3, -0.25) is 4.79 Å².